The van der Waals surface area contributed by atoms with Gasteiger partial charge in [0.05, 0.1) is 6.04 Å². The van der Waals surface area contributed by atoms with Crippen molar-refractivity contribution >= 4 is 5.91 Å². The molecule has 1 saturated heterocycles. The Hall–Kier alpha value is -2.17. The summed E-state index contributed by atoms with van der Waals surface area (Å²) >= 11 is 0. The highest BCUT2D eigenvalue weighted by atomic mass is 16.1. The highest BCUT2D eigenvalue weighted by Crippen LogP contribution is 2.22. The maximum Gasteiger partial charge on any atom is 0.220 e. The number of carbonyl (C=O) groups excluding carboxylic acids is 1. The van der Waals surface area contributed by atoms with Gasteiger partial charge in [-0.2, -0.15) is 0 Å². The van der Waals surface area contributed by atoms with Gasteiger partial charge < -0.3 is 10.2 Å². The Morgan fingerprint density at radius 3 is 2.20 bits per heavy atom. The topological polar surface area (TPSA) is 35.6 Å². The average molecular weight is 408 g/mol. The molecule has 1 fully saturated rings. The van der Waals surface area contributed by atoms with Crippen LogP contribution in [0, 0.1) is 0 Å². The number of benzene rings is 2. The summed E-state index contributed by atoms with van der Waals surface area (Å²) in [4.78, 5) is 17.6. The van der Waals surface area contributed by atoms with E-state index in [1.165, 1.54) is 16.7 Å². The minimum atomic E-state index is 0.0328. The van der Waals surface area contributed by atoms with Gasteiger partial charge in [0.25, 0.3) is 0 Å². The fourth-order valence-electron chi connectivity index (χ4n) is 3.90. The summed E-state index contributed by atoms with van der Waals surface area (Å²) in [6.45, 7) is 11.8. The summed E-state index contributed by atoms with van der Waals surface area (Å²) in [6.07, 6.45) is 1.28. The molecular weight excluding hydrogens is 370 g/mol. The molecule has 1 unspecified atom stereocenters. The van der Waals surface area contributed by atoms with E-state index < -0.39 is 0 Å². The van der Waals surface area contributed by atoms with Crippen molar-refractivity contribution in [2.24, 2.45) is 0 Å². The molecule has 2 aromatic carbocycles. The van der Waals surface area contributed by atoms with Crippen molar-refractivity contribution in [2.75, 3.05) is 39.8 Å². The quantitative estimate of drug-likeness (QED) is 0.753. The summed E-state index contributed by atoms with van der Waals surface area (Å²) in [5, 5.41) is 3.30. The van der Waals surface area contributed by atoms with E-state index >= 15 is 0 Å². The number of nitrogens with zero attached hydrogens (tertiary/aromatic N) is 2. The molecule has 30 heavy (non-hydrogen) atoms. The minimum Gasteiger partial charge on any atom is -0.348 e. The highest BCUT2D eigenvalue weighted by molar-refractivity contribution is 5.76. The maximum absolute atomic E-state index is 12.8. The van der Waals surface area contributed by atoms with E-state index in [0.717, 1.165) is 39.1 Å². The molecule has 0 bridgehead atoms. The van der Waals surface area contributed by atoms with Crippen LogP contribution in [0.15, 0.2) is 54.6 Å². The Balaban J connectivity index is 1.57. The van der Waals surface area contributed by atoms with Gasteiger partial charge in [-0.1, -0.05) is 75.4 Å². The molecule has 1 heterocycles. The summed E-state index contributed by atoms with van der Waals surface area (Å²) in [5.74, 6) is 0.123. The summed E-state index contributed by atoms with van der Waals surface area (Å²) < 4.78 is 0. The molecular formula is C26H37N3O. The van der Waals surface area contributed by atoms with Gasteiger partial charge in [-0.3, -0.25) is 9.69 Å². The van der Waals surface area contributed by atoms with Crippen molar-refractivity contribution in [3.63, 3.8) is 0 Å². The van der Waals surface area contributed by atoms with Gasteiger partial charge in [0.1, 0.15) is 0 Å². The van der Waals surface area contributed by atoms with E-state index in [2.05, 4.69) is 91.5 Å². The first-order chi connectivity index (χ1) is 14.3. The van der Waals surface area contributed by atoms with Crippen LogP contribution in [-0.4, -0.2) is 55.5 Å². The van der Waals surface area contributed by atoms with Gasteiger partial charge >= 0.3 is 0 Å². The molecule has 0 spiro atoms. The number of likely N-dealkylation sites (N-methyl/N-ethyl adjacent to an activating group) is 1. The summed E-state index contributed by atoms with van der Waals surface area (Å²) in [7, 11) is 2.17. The van der Waals surface area contributed by atoms with Crippen molar-refractivity contribution in [1.29, 1.82) is 0 Å². The summed E-state index contributed by atoms with van der Waals surface area (Å²) in [5.41, 5.74) is 3.88. The molecule has 4 heteroatoms. The molecule has 162 valence electrons. The van der Waals surface area contributed by atoms with Crippen LogP contribution >= 0.6 is 0 Å². The molecule has 1 atom stereocenters. The fourth-order valence-corrected chi connectivity index (χ4v) is 3.90. The number of aryl methyl sites for hydroxylation is 1. The Morgan fingerprint density at radius 1 is 0.967 bits per heavy atom. The lowest BCUT2D eigenvalue weighted by atomic mass is 9.86. The summed E-state index contributed by atoms with van der Waals surface area (Å²) in [6, 6.07) is 19.1. The average Bonchev–Trinajstić information content (AvgIpc) is 2.73. The van der Waals surface area contributed by atoms with Gasteiger partial charge in [-0.05, 0) is 35.6 Å². The van der Waals surface area contributed by atoms with E-state index in [-0.39, 0.29) is 17.4 Å². The zero-order valence-electron chi connectivity index (χ0n) is 19.0. The lowest BCUT2D eigenvalue weighted by Crippen LogP contribution is -2.47. The van der Waals surface area contributed by atoms with E-state index in [9.17, 15) is 4.79 Å². The third-order valence-electron chi connectivity index (χ3n) is 6.03. The Bertz CT molecular complexity index is 787. The van der Waals surface area contributed by atoms with Gasteiger partial charge in [0, 0.05) is 39.1 Å². The largest absolute Gasteiger partial charge is 0.348 e. The zero-order valence-corrected chi connectivity index (χ0v) is 19.0. The molecule has 1 amide bonds. The maximum atomic E-state index is 12.8. The van der Waals surface area contributed by atoms with Gasteiger partial charge in [-0.15, -0.1) is 0 Å². The SMILES string of the molecule is CN1CCN(CC(NC(=O)CCc2ccc(C(C)(C)C)cc2)c2ccccc2)CC1. The van der Waals surface area contributed by atoms with Crippen LogP contribution in [0.4, 0.5) is 0 Å². The van der Waals surface area contributed by atoms with Gasteiger partial charge in [0.15, 0.2) is 0 Å². The third kappa shape index (κ3) is 6.68. The number of hydrogen-bond donors (Lipinski definition) is 1. The van der Waals surface area contributed by atoms with E-state index in [1.54, 1.807) is 0 Å². The number of rotatable bonds is 7. The van der Waals surface area contributed by atoms with Gasteiger partial charge in [0.2, 0.25) is 5.91 Å². The molecule has 1 aliphatic heterocycles. The van der Waals surface area contributed by atoms with Crippen molar-refractivity contribution in [2.45, 2.75) is 45.1 Å². The standard InChI is InChI=1S/C26H37N3O/c1-26(2,3)23-13-10-21(11-14-23)12-15-25(30)27-24(22-8-6-5-7-9-22)20-29-18-16-28(4)17-19-29/h5-11,13-14,24H,12,15-20H2,1-4H3,(H,27,30). The molecule has 2 aromatic rings. The number of carbonyl (C=O) groups is 1. The monoisotopic (exact) mass is 407 g/mol. The molecule has 0 saturated carbocycles. The zero-order chi connectivity index (χ0) is 21.6. The van der Waals surface area contributed by atoms with Crippen molar-refractivity contribution < 1.29 is 4.79 Å². The Morgan fingerprint density at radius 2 is 1.60 bits per heavy atom. The predicted octanol–water partition coefficient (Wildman–Crippen LogP) is 4.02. The molecule has 3 rings (SSSR count). The lowest BCUT2D eigenvalue weighted by Gasteiger charge is -2.35. The predicted molar refractivity (Wildman–Crippen MR) is 125 cm³/mol. The van der Waals surface area contributed by atoms with Crippen molar-refractivity contribution in [3.8, 4) is 0 Å². The number of hydrogen-bond acceptors (Lipinski definition) is 3. The van der Waals surface area contributed by atoms with Crippen LogP contribution in [0.5, 0.6) is 0 Å². The number of piperazine rings is 1. The number of amides is 1. The molecule has 4 nitrogen and oxygen atoms in total. The van der Waals surface area contributed by atoms with Crippen molar-refractivity contribution in [3.05, 3.63) is 71.3 Å². The smallest absolute Gasteiger partial charge is 0.220 e. The van der Waals surface area contributed by atoms with E-state index in [0.29, 0.717) is 6.42 Å². The first-order valence-electron chi connectivity index (χ1n) is 11.2. The van der Waals surface area contributed by atoms with Crippen LogP contribution < -0.4 is 5.32 Å². The van der Waals surface area contributed by atoms with Crippen LogP contribution in [0.25, 0.3) is 0 Å². The first kappa shape index (κ1) is 22.5. The molecule has 1 aliphatic rings. The Kier molecular flexibility index (Phi) is 7.68. The molecule has 0 aromatic heterocycles. The minimum absolute atomic E-state index is 0.0328. The molecule has 0 radical (unpaired) electrons. The van der Waals surface area contributed by atoms with Crippen LogP contribution in [0.2, 0.25) is 0 Å². The van der Waals surface area contributed by atoms with Crippen molar-refractivity contribution in [1.82, 2.24) is 15.1 Å². The van der Waals surface area contributed by atoms with Gasteiger partial charge in [-0.25, -0.2) is 0 Å². The first-order valence-corrected chi connectivity index (χ1v) is 11.2. The van der Waals surface area contributed by atoms with E-state index in [4.69, 9.17) is 0 Å². The van der Waals surface area contributed by atoms with Crippen LogP contribution in [-0.2, 0) is 16.6 Å². The third-order valence-corrected chi connectivity index (χ3v) is 6.03. The Labute approximate surface area is 182 Å². The molecule has 1 N–H and O–H groups in total. The normalized spacial score (nSPS) is 16.9. The van der Waals surface area contributed by atoms with Crippen LogP contribution in [0.3, 0.4) is 0 Å². The second-order valence-electron chi connectivity index (χ2n) is 9.58. The second kappa shape index (κ2) is 10.2. The van der Waals surface area contributed by atoms with Crippen LogP contribution in [0.1, 0.15) is 49.9 Å². The molecule has 0 aliphatic carbocycles. The fraction of sp³-hybridized carbons (Fsp3) is 0.500. The highest BCUT2D eigenvalue weighted by Gasteiger charge is 2.21. The van der Waals surface area contributed by atoms with E-state index in [1.807, 2.05) is 6.07 Å². The number of nitrogens with one attached hydrogen (secondary N) is 1. The lowest BCUT2D eigenvalue weighted by molar-refractivity contribution is -0.122. The second-order valence-corrected chi connectivity index (χ2v) is 9.58.